The summed E-state index contributed by atoms with van der Waals surface area (Å²) >= 11 is 0.739. The third kappa shape index (κ3) is 2.29. The molecule has 1 aliphatic heterocycles. The lowest BCUT2D eigenvalue weighted by atomic mass is 10.1. The standard InChI is InChI=1S/C14H6F3NO2S/c15-6-1-3-7(4-2-6)21-13-9(16)5-8-11(10(13)17)18-14(20)12(8)19/h1-5H,(H,18,19,20). The molecule has 1 aliphatic rings. The maximum absolute atomic E-state index is 14.2. The average Bonchev–Trinajstić information content (AvgIpc) is 2.74. The van der Waals surface area contributed by atoms with E-state index in [1.54, 1.807) is 0 Å². The molecular weight excluding hydrogens is 303 g/mol. The van der Waals surface area contributed by atoms with Gasteiger partial charge in [-0.1, -0.05) is 11.8 Å². The van der Waals surface area contributed by atoms with Crippen molar-refractivity contribution < 1.29 is 22.8 Å². The van der Waals surface area contributed by atoms with Crippen molar-refractivity contribution in [2.45, 2.75) is 9.79 Å². The maximum atomic E-state index is 14.2. The number of fused-ring (bicyclic) bond motifs is 1. The Balaban J connectivity index is 2.05. The number of anilines is 1. The number of carbonyl (C=O) groups is 2. The summed E-state index contributed by atoms with van der Waals surface area (Å²) in [6.07, 6.45) is 0. The van der Waals surface area contributed by atoms with Gasteiger partial charge in [-0.25, -0.2) is 13.2 Å². The Morgan fingerprint density at radius 3 is 2.33 bits per heavy atom. The molecular formula is C14H6F3NO2S. The first-order chi connectivity index (χ1) is 9.97. The molecule has 0 aliphatic carbocycles. The SMILES string of the molecule is O=C1Nc2c(cc(F)c(Sc3ccc(F)cc3)c2F)C1=O. The van der Waals surface area contributed by atoms with Gasteiger partial charge in [-0.05, 0) is 30.3 Å². The van der Waals surface area contributed by atoms with Gasteiger partial charge in [0.15, 0.2) is 5.82 Å². The largest absolute Gasteiger partial charge is 0.316 e. The molecule has 0 fully saturated rings. The van der Waals surface area contributed by atoms with Gasteiger partial charge < -0.3 is 5.32 Å². The van der Waals surface area contributed by atoms with Crippen LogP contribution in [0.1, 0.15) is 10.4 Å². The molecule has 7 heteroatoms. The highest BCUT2D eigenvalue weighted by Crippen LogP contribution is 2.38. The summed E-state index contributed by atoms with van der Waals surface area (Å²) in [5, 5.41) is 2.07. The van der Waals surface area contributed by atoms with Gasteiger partial charge in [0.1, 0.15) is 11.6 Å². The molecule has 0 aromatic heterocycles. The zero-order valence-electron chi connectivity index (χ0n) is 10.2. The fourth-order valence-corrected chi connectivity index (χ4v) is 2.76. The second-order valence-electron chi connectivity index (χ2n) is 4.26. The second kappa shape index (κ2) is 4.92. The monoisotopic (exact) mass is 309 g/mol. The Morgan fingerprint density at radius 2 is 1.67 bits per heavy atom. The van der Waals surface area contributed by atoms with Crippen LogP contribution in [0.4, 0.5) is 18.9 Å². The summed E-state index contributed by atoms with van der Waals surface area (Å²) in [7, 11) is 0. The van der Waals surface area contributed by atoms with Crippen molar-refractivity contribution in [2.75, 3.05) is 5.32 Å². The molecule has 2 aromatic carbocycles. The molecule has 3 rings (SSSR count). The fourth-order valence-electron chi connectivity index (χ4n) is 1.91. The van der Waals surface area contributed by atoms with E-state index in [0.29, 0.717) is 4.90 Å². The molecule has 3 nitrogen and oxygen atoms in total. The van der Waals surface area contributed by atoms with Crippen LogP contribution < -0.4 is 5.32 Å². The van der Waals surface area contributed by atoms with E-state index in [1.807, 2.05) is 0 Å². The van der Waals surface area contributed by atoms with Crippen LogP contribution >= 0.6 is 11.8 Å². The quantitative estimate of drug-likeness (QED) is 0.865. The highest BCUT2D eigenvalue weighted by molar-refractivity contribution is 7.99. The number of amides is 1. The molecule has 0 saturated heterocycles. The first-order valence-electron chi connectivity index (χ1n) is 5.78. The van der Waals surface area contributed by atoms with Crippen molar-refractivity contribution in [3.63, 3.8) is 0 Å². The third-order valence-electron chi connectivity index (χ3n) is 2.90. The molecule has 21 heavy (non-hydrogen) atoms. The predicted molar refractivity (Wildman–Crippen MR) is 69.8 cm³/mol. The molecule has 106 valence electrons. The van der Waals surface area contributed by atoms with E-state index in [9.17, 15) is 22.8 Å². The third-order valence-corrected chi connectivity index (χ3v) is 3.99. The van der Waals surface area contributed by atoms with E-state index < -0.39 is 29.1 Å². The molecule has 0 saturated carbocycles. The second-order valence-corrected chi connectivity index (χ2v) is 5.35. The minimum Gasteiger partial charge on any atom is -0.316 e. The highest BCUT2D eigenvalue weighted by atomic mass is 32.2. The van der Waals surface area contributed by atoms with Crippen LogP contribution in [0, 0.1) is 17.5 Å². The molecule has 0 spiro atoms. The van der Waals surface area contributed by atoms with Gasteiger partial charge >= 0.3 is 0 Å². The van der Waals surface area contributed by atoms with E-state index in [4.69, 9.17) is 0 Å². The van der Waals surface area contributed by atoms with Gasteiger partial charge in [-0.3, -0.25) is 9.59 Å². The topological polar surface area (TPSA) is 46.2 Å². The minimum atomic E-state index is -1.02. The van der Waals surface area contributed by atoms with Crippen LogP contribution in [-0.4, -0.2) is 11.7 Å². The number of hydrogen-bond acceptors (Lipinski definition) is 3. The lowest BCUT2D eigenvalue weighted by Gasteiger charge is -2.08. The van der Waals surface area contributed by atoms with Gasteiger partial charge in [0.05, 0.1) is 16.1 Å². The summed E-state index contributed by atoms with van der Waals surface area (Å²) in [4.78, 5) is 22.7. The fraction of sp³-hybridized carbons (Fsp3) is 0. The Hall–Kier alpha value is -2.28. The number of hydrogen-bond donors (Lipinski definition) is 1. The normalized spacial score (nSPS) is 13.3. The van der Waals surface area contributed by atoms with Crippen LogP contribution in [0.5, 0.6) is 0 Å². The number of ketones is 1. The summed E-state index contributed by atoms with van der Waals surface area (Å²) in [5.74, 6) is -4.40. The molecule has 0 radical (unpaired) electrons. The Morgan fingerprint density at radius 1 is 1.00 bits per heavy atom. The Kier molecular flexibility index (Phi) is 3.21. The van der Waals surface area contributed by atoms with Gasteiger partial charge in [0.2, 0.25) is 0 Å². The first kappa shape index (κ1) is 13.7. The zero-order chi connectivity index (χ0) is 15.1. The van der Waals surface area contributed by atoms with Crippen molar-refractivity contribution in [1.82, 2.24) is 0 Å². The summed E-state index contributed by atoms with van der Waals surface area (Å²) in [6, 6.07) is 5.89. The minimum absolute atomic E-state index is 0.321. The van der Waals surface area contributed by atoms with E-state index in [2.05, 4.69) is 5.32 Å². The number of carbonyl (C=O) groups excluding carboxylic acids is 2. The van der Waals surface area contributed by atoms with Crippen LogP contribution in [0.15, 0.2) is 40.1 Å². The van der Waals surface area contributed by atoms with Gasteiger partial charge in [-0.2, -0.15) is 0 Å². The van der Waals surface area contributed by atoms with Crippen LogP contribution in [-0.2, 0) is 4.79 Å². The van der Waals surface area contributed by atoms with Crippen molar-refractivity contribution in [1.29, 1.82) is 0 Å². The Bertz CT molecular complexity index is 775. The van der Waals surface area contributed by atoms with E-state index >= 15 is 0 Å². The molecule has 0 unspecified atom stereocenters. The zero-order valence-corrected chi connectivity index (χ0v) is 11.1. The smallest absolute Gasteiger partial charge is 0.296 e. The van der Waals surface area contributed by atoms with Crippen LogP contribution in [0.25, 0.3) is 0 Å². The predicted octanol–water partition coefficient (Wildman–Crippen LogP) is 3.39. The number of benzene rings is 2. The number of halogens is 3. The van der Waals surface area contributed by atoms with Crippen LogP contribution in [0.2, 0.25) is 0 Å². The van der Waals surface area contributed by atoms with Gasteiger partial charge in [-0.15, -0.1) is 0 Å². The number of rotatable bonds is 2. The van der Waals surface area contributed by atoms with E-state index in [0.717, 1.165) is 30.0 Å². The Labute approximate surface area is 121 Å². The first-order valence-corrected chi connectivity index (χ1v) is 6.60. The number of nitrogens with one attached hydrogen (secondary N) is 1. The molecule has 1 amide bonds. The lowest BCUT2D eigenvalue weighted by molar-refractivity contribution is -0.112. The molecule has 0 atom stereocenters. The highest BCUT2D eigenvalue weighted by Gasteiger charge is 2.33. The summed E-state index contributed by atoms with van der Waals surface area (Å²) < 4.78 is 41.0. The molecule has 1 heterocycles. The molecule has 2 aromatic rings. The number of Topliss-reactive ketones (excluding diaryl/α,β-unsaturated/α-hetero) is 1. The summed E-state index contributed by atoms with van der Waals surface area (Å²) in [5.41, 5.74) is -0.644. The summed E-state index contributed by atoms with van der Waals surface area (Å²) in [6.45, 7) is 0. The van der Waals surface area contributed by atoms with E-state index in [1.165, 1.54) is 12.1 Å². The van der Waals surface area contributed by atoms with Gasteiger partial charge in [0, 0.05) is 4.90 Å². The van der Waals surface area contributed by atoms with Crippen molar-refractivity contribution in [3.05, 3.63) is 53.3 Å². The van der Waals surface area contributed by atoms with Crippen LogP contribution in [0.3, 0.4) is 0 Å². The van der Waals surface area contributed by atoms with Crippen molar-refractivity contribution >= 4 is 29.1 Å². The maximum Gasteiger partial charge on any atom is 0.296 e. The van der Waals surface area contributed by atoms with Gasteiger partial charge in [0.25, 0.3) is 11.7 Å². The van der Waals surface area contributed by atoms with Crippen molar-refractivity contribution in [3.8, 4) is 0 Å². The molecule has 0 bridgehead atoms. The lowest BCUT2D eigenvalue weighted by Crippen LogP contribution is -2.12. The average molecular weight is 309 g/mol. The van der Waals surface area contributed by atoms with E-state index in [-0.39, 0.29) is 16.1 Å². The molecule has 1 N–H and O–H groups in total. The van der Waals surface area contributed by atoms with Crippen molar-refractivity contribution in [2.24, 2.45) is 0 Å².